The molecule has 20 heavy (non-hydrogen) atoms. The number of ether oxygens (including phenoxy) is 1. The lowest BCUT2D eigenvalue weighted by Crippen LogP contribution is -2.34. The Morgan fingerprint density at radius 3 is 2.70 bits per heavy atom. The number of nitrogens with two attached hydrogens (primary N) is 1. The lowest BCUT2D eigenvalue weighted by Gasteiger charge is -2.19. The van der Waals surface area contributed by atoms with E-state index in [9.17, 15) is 4.79 Å². The van der Waals surface area contributed by atoms with Gasteiger partial charge in [0.1, 0.15) is 5.75 Å². The summed E-state index contributed by atoms with van der Waals surface area (Å²) in [7, 11) is 1.74. The van der Waals surface area contributed by atoms with Crippen LogP contribution >= 0.6 is 0 Å². The zero-order valence-corrected chi connectivity index (χ0v) is 12.0. The third-order valence-corrected chi connectivity index (χ3v) is 2.69. The third kappa shape index (κ3) is 4.46. The molecule has 0 heterocycles. The van der Waals surface area contributed by atoms with E-state index in [0.29, 0.717) is 23.8 Å². The van der Waals surface area contributed by atoms with Crippen LogP contribution in [0.25, 0.3) is 0 Å². The van der Waals surface area contributed by atoms with Gasteiger partial charge < -0.3 is 20.6 Å². The van der Waals surface area contributed by atoms with Gasteiger partial charge in [0.15, 0.2) is 12.4 Å². The number of rotatable bonds is 6. The predicted octanol–water partition coefficient (Wildman–Crippen LogP) is 1.27. The molecular weight excluding hydrogens is 258 g/mol. The fourth-order valence-electron chi connectivity index (χ4n) is 1.76. The van der Waals surface area contributed by atoms with Crippen molar-refractivity contribution < 1.29 is 14.7 Å². The summed E-state index contributed by atoms with van der Waals surface area (Å²) in [6, 6.07) is 6.83. The van der Waals surface area contributed by atoms with Crippen LogP contribution in [0.1, 0.15) is 19.4 Å². The molecule has 0 aromatic heterocycles. The van der Waals surface area contributed by atoms with Gasteiger partial charge in [0.25, 0.3) is 5.91 Å². The first kappa shape index (κ1) is 15.8. The molecule has 0 saturated heterocycles. The summed E-state index contributed by atoms with van der Waals surface area (Å²) >= 11 is 0. The highest BCUT2D eigenvalue weighted by molar-refractivity contribution is 5.99. The van der Waals surface area contributed by atoms with E-state index >= 15 is 0 Å². The summed E-state index contributed by atoms with van der Waals surface area (Å²) in [4.78, 5) is 13.5. The Hall–Kier alpha value is -2.24. The van der Waals surface area contributed by atoms with Crippen molar-refractivity contribution in [2.45, 2.75) is 13.8 Å². The first-order valence-electron chi connectivity index (χ1n) is 6.39. The van der Waals surface area contributed by atoms with E-state index in [4.69, 9.17) is 15.7 Å². The highest BCUT2D eigenvalue weighted by Gasteiger charge is 2.13. The maximum atomic E-state index is 11.9. The Morgan fingerprint density at radius 2 is 2.10 bits per heavy atom. The first-order valence-corrected chi connectivity index (χ1v) is 6.39. The van der Waals surface area contributed by atoms with Gasteiger partial charge in [0.05, 0.1) is 5.56 Å². The molecule has 6 heteroatoms. The topological polar surface area (TPSA) is 88.2 Å². The van der Waals surface area contributed by atoms with Crippen molar-refractivity contribution in [3.05, 3.63) is 29.8 Å². The summed E-state index contributed by atoms with van der Waals surface area (Å²) in [5.74, 6) is 0.638. The van der Waals surface area contributed by atoms with Crippen LogP contribution in [0, 0.1) is 5.92 Å². The Kier molecular flexibility index (Phi) is 5.83. The maximum absolute atomic E-state index is 11.9. The number of carbonyl (C=O) groups is 1. The van der Waals surface area contributed by atoms with Gasteiger partial charge in [-0.05, 0) is 18.1 Å². The quantitative estimate of drug-likeness (QED) is 0.355. The zero-order chi connectivity index (χ0) is 15.1. The van der Waals surface area contributed by atoms with Crippen LogP contribution in [-0.2, 0) is 4.79 Å². The van der Waals surface area contributed by atoms with Crippen LogP contribution in [-0.4, -0.2) is 42.0 Å². The maximum Gasteiger partial charge on any atom is 0.260 e. The number of hydrogen-bond acceptors (Lipinski definition) is 4. The normalized spacial score (nSPS) is 11.5. The van der Waals surface area contributed by atoms with Crippen molar-refractivity contribution in [3.8, 4) is 5.75 Å². The van der Waals surface area contributed by atoms with Gasteiger partial charge in [-0.3, -0.25) is 4.79 Å². The number of benzene rings is 1. The molecule has 1 rings (SSSR count). The summed E-state index contributed by atoms with van der Waals surface area (Å²) in [6.45, 7) is 4.67. The minimum atomic E-state index is -0.118. The van der Waals surface area contributed by atoms with Gasteiger partial charge in [-0.15, -0.1) is 0 Å². The molecule has 0 radical (unpaired) electrons. The minimum Gasteiger partial charge on any atom is -0.483 e. The van der Waals surface area contributed by atoms with Crippen molar-refractivity contribution >= 4 is 11.7 Å². The van der Waals surface area contributed by atoms with Gasteiger partial charge in [-0.1, -0.05) is 31.1 Å². The number of para-hydroxylation sites is 1. The monoisotopic (exact) mass is 279 g/mol. The molecule has 6 nitrogen and oxygen atoms in total. The second kappa shape index (κ2) is 7.37. The van der Waals surface area contributed by atoms with E-state index in [1.807, 2.05) is 13.8 Å². The number of hydrogen-bond donors (Lipinski definition) is 2. The fraction of sp³-hybridized carbons (Fsp3) is 0.429. The largest absolute Gasteiger partial charge is 0.483 e. The van der Waals surface area contributed by atoms with Crippen LogP contribution in [0.2, 0.25) is 0 Å². The standard InChI is InChI=1S/C14H21N3O3/c1-10(2)8-17(3)13(18)9-20-12-7-5-4-6-11(12)14(15)16-19/h4-7,10,19H,8-9H2,1-3H3,(H2,15,16). The molecule has 0 bridgehead atoms. The minimum absolute atomic E-state index is 0.0522. The molecule has 1 aromatic rings. The van der Waals surface area contributed by atoms with Crippen LogP contribution in [0.15, 0.2) is 29.4 Å². The molecule has 0 aliphatic carbocycles. The predicted molar refractivity (Wildman–Crippen MR) is 76.9 cm³/mol. The molecule has 0 spiro atoms. The SMILES string of the molecule is CC(C)CN(C)C(=O)COc1ccccc1/C(N)=N/O. The molecule has 0 aliphatic heterocycles. The zero-order valence-electron chi connectivity index (χ0n) is 12.0. The number of nitrogens with zero attached hydrogens (tertiary/aromatic N) is 2. The Bertz CT molecular complexity index is 486. The Labute approximate surface area is 118 Å². The number of likely N-dealkylation sites (N-methyl/N-ethyl adjacent to an activating group) is 1. The van der Waals surface area contributed by atoms with E-state index in [0.717, 1.165) is 0 Å². The first-order chi connectivity index (χ1) is 9.45. The van der Waals surface area contributed by atoms with Crippen molar-refractivity contribution in [2.75, 3.05) is 20.2 Å². The second-order valence-corrected chi connectivity index (χ2v) is 4.94. The van der Waals surface area contributed by atoms with Crippen molar-refractivity contribution in [3.63, 3.8) is 0 Å². The van der Waals surface area contributed by atoms with Crippen molar-refractivity contribution in [1.29, 1.82) is 0 Å². The Balaban J connectivity index is 2.69. The molecule has 0 atom stereocenters. The molecule has 0 saturated carbocycles. The summed E-state index contributed by atoms with van der Waals surface area (Å²) < 4.78 is 5.46. The average Bonchev–Trinajstić information content (AvgIpc) is 2.43. The second-order valence-electron chi connectivity index (χ2n) is 4.94. The number of amides is 1. The highest BCUT2D eigenvalue weighted by Crippen LogP contribution is 2.17. The summed E-state index contributed by atoms with van der Waals surface area (Å²) in [5, 5.41) is 11.6. The van der Waals surface area contributed by atoms with E-state index < -0.39 is 0 Å². The molecule has 0 aliphatic rings. The molecule has 1 amide bonds. The summed E-state index contributed by atoms with van der Waals surface area (Å²) in [6.07, 6.45) is 0. The van der Waals surface area contributed by atoms with Crippen LogP contribution in [0.3, 0.4) is 0 Å². The molecule has 0 fully saturated rings. The molecule has 0 unspecified atom stereocenters. The van der Waals surface area contributed by atoms with Gasteiger partial charge in [0, 0.05) is 13.6 Å². The molecular formula is C14H21N3O3. The van der Waals surface area contributed by atoms with E-state index in [1.165, 1.54) is 0 Å². The van der Waals surface area contributed by atoms with Crippen molar-refractivity contribution in [1.82, 2.24) is 4.90 Å². The number of oxime groups is 1. The number of carbonyl (C=O) groups excluding carboxylic acids is 1. The van der Waals surface area contributed by atoms with Crippen LogP contribution in [0.4, 0.5) is 0 Å². The fourth-order valence-corrected chi connectivity index (χ4v) is 1.76. The van der Waals surface area contributed by atoms with Gasteiger partial charge in [-0.2, -0.15) is 0 Å². The van der Waals surface area contributed by atoms with E-state index in [2.05, 4.69) is 5.16 Å². The van der Waals surface area contributed by atoms with E-state index in [1.54, 1.807) is 36.2 Å². The highest BCUT2D eigenvalue weighted by atomic mass is 16.5. The van der Waals surface area contributed by atoms with Crippen molar-refractivity contribution in [2.24, 2.45) is 16.8 Å². The summed E-state index contributed by atoms with van der Waals surface area (Å²) in [5.41, 5.74) is 6.00. The van der Waals surface area contributed by atoms with Gasteiger partial charge in [0.2, 0.25) is 0 Å². The van der Waals surface area contributed by atoms with Gasteiger partial charge >= 0.3 is 0 Å². The molecule has 1 aromatic carbocycles. The van der Waals surface area contributed by atoms with E-state index in [-0.39, 0.29) is 18.3 Å². The number of amidine groups is 1. The van der Waals surface area contributed by atoms with Gasteiger partial charge in [-0.25, -0.2) is 0 Å². The molecule has 3 N–H and O–H groups in total. The lowest BCUT2D eigenvalue weighted by atomic mass is 10.2. The smallest absolute Gasteiger partial charge is 0.260 e. The Morgan fingerprint density at radius 1 is 1.45 bits per heavy atom. The lowest BCUT2D eigenvalue weighted by molar-refractivity contribution is -0.132. The third-order valence-electron chi connectivity index (χ3n) is 2.69. The molecule has 110 valence electrons. The average molecular weight is 279 g/mol. The van der Waals surface area contributed by atoms with Crippen LogP contribution < -0.4 is 10.5 Å². The van der Waals surface area contributed by atoms with Crippen LogP contribution in [0.5, 0.6) is 5.75 Å².